The SMILES string of the molecule is CNC(=O)c1ccc(NCc2ccc(F)c(Br)c2)c(C)c1. The van der Waals surface area contributed by atoms with E-state index in [2.05, 4.69) is 26.6 Å². The van der Waals surface area contributed by atoms with Crippen molar-refractivity contribution >= 4 is 27.5 Å². The van der Waals surface area contributed by atoms with Crippen molar-refractivity contribution in [1.82, 2.24) is 5.32 Å². The summed E-state index contributed by atoms with van der Waals surface area (Å²) < 4.78 is 13.6. The van der Waals surface area contributed by atoms with Gasteiger partial charge in [0, 0.05) is 24.8 Å². The van der Waals surface area contributed by atoms with Crippen LogP contribution >= 0.6 is 15.9 Å². The Bertz CT molecular complexity index is 673. The Morgan fingerprint density at radius 3 is 2.62 bits per heavy atom. The predicted octanol–water partition coefficient (Wildman–Crippen LogP) is 3.87. The van der Waals surface area contributed by atoms with Crippen molar-refractivity contribution in [2.45, 2.75) is 13.5 Å². The van der Waals surface area contributed by atoms with E-state index in [0.717, 1.165) is 16.8 Å². The Hall–Kier alpha value is -1.88. The zero-order valence-electron chi connectivity index (χ0n) is 11.8. The molecule has 110 valence electrons. The van der Waals surface area contributed by atoms with Gasteiger partial charge in [0.05, 0.1) is 4.47 Å². The van der Waals surface area contributed by atoms with Crippen molar-refractivity contribution in [3.63, 3.8) is 0 Å². The monoisotopic (exact) mass is 350 g/mol. The molecule has 2 aromatic carbocycles. The van der Waals surface area contributed by atoms with E-state index >= 15 is 0 Å². The lowest BCUT2D eigenvalue weighted by atomic mass is 10.1. The van der Waals surface area contributed by atoms with Gasteiger partial charge in [-0.2, -0.15) is 0 Å². The van der Waals surface area contributed by atoms with Crippen LogP contribution in [0.1, 0.15) is 21.5 Å². The molecule has 0 aliphatic rings. The third kappa shape index (κ3) is 3.82. The zero-order valence-corrected chi connectivity index (χ0v) is 13.4. The Labute approximate surface area is 131 Å². The fourth-order valence-electron chi connectivity index (χ4n) is 1.99. The van der Waals surface area contributed by atoms with E-state index in [-0.39, 0.29) is 11.7 Å². The van der Waals surface area contributed by atoms with Crippen molar-refractivity contribution in [2.24, 2.45) is 0 Å². The lowest BCUT2D eigenvalue weighted by Gasteiger charge is -2.11. The van der Waals surface area contributed by atoms with E-state index in [0.29, 0.717) is 16.6 Å². The van der Waals surface area contributed by atoms with E-state index in [1.165, 1.54) is 6.07 Å². The molecule has 2 N–H and O–H groups in total. The van der Waals surface area contributed by atoms with E-state index < -0.39 is 0 Å². The average Bonchev–Trinajstić information content (AvgIpc) is 2.48. The van der Waals surface area contributed by atoms with Crippen LogP contribution in [-0.2, 0) is 6.54 Å². The van der Waals surface area contributed by atoms with Crippen molar-refractivity contribution < 1.29 is 9.18 Å². The number of hydrogen-bond acceptors (Lipinski definition) is 2. The lowest BCUT2D eigenvalue weighted by Crippen LogP contribution is -2.17. The number of nitrogens with one attached hydrogen (secondary N) is 2. The summed E-state index contributed by atoms with van der Waals surface area (Å²) in [4.78, 5) is 11.6. The first kappa shape index (κ1) is 15.5. The minimum absolute atomic E-state index is 0.105. The van der Waals surface area contributed by atoms with Crippen LogP contribution in [0.2, 0.25) is 0 Å². The number of anilines is 1. The van der Waals surface area contributed by atoms with Crippen molar-refractivity contribution in [3.05, 3.63) is 63.4 Å². The molecule has 0 radical (unpaired) electrons. The Morgan fingerprint density at radius 1 is 1.24 bits per heavy atom. The van der Waals surface area contributed by atoms with Crippen LogP contribution in [0.15, 0.2) is 40.9 Å². The second kappa shape index (κ2) is 6.72. The molecule has 0 saturated carbocycles. The minimum atomic E-state index is -0.273. The molecule has 5 heteroatoms. The number of aryl methyl sites for hydroxylation is 1. The number of carbonyl (C=O) groups excluding carboxylic acids is 1. The molecule has 1 amide bonds. The van der Waals surface area contributed by atoms with Gasteiger partial charge in [-0.05, 0) is 64.3 Å². The smallest absolute Gasteiger partial charge is 0.251 e. The van der Waals surface area contributed by atoms with Crippen LogP contribution in [0.4, 0.5) is 10.1 Å². The first-order chi connectivity index (χ1) is 10.0. The van der Waals surface area contributed by atoms with Crippen molar-refractivity contribution in [3.8, 4) is 0 Å². The first-order valence-corrected chi connectivity index (χ1v) is 7.31. The van der Waals surface area contributed by atoms with E-state index in [1.807, 2.05) is 19.1 Å². The molecule has 3 nitrogen and oxygen atoms in total. The van der Waals surface area contributed by atoms with Crippen LogP contribution in [0, 0.1) is 12.7 Å². The minimum Gasteiger partial charge on any atom is -0.381 e. The highest BCUT2D eigenvalue weighted by Crippen LogP contribution is 2.20. The van der Waals surface area contributed by atoms with Gasteiger partial charge >= 0.3 is 0 Å². The molecule has 0 spiro atoms. The van der Waals surface area contributed by atoms with Crippen molar-refractivity contribution in [2.75, 3.05) is 12.4 Å². The van der Waals surface area contributed by atoms with Gasteiger partial charge in [0.15, 0.2) is 0 Å². The maximum atomic E-state index is 13.2. The quantitative estimate of drug-likeness (QED) is 0.878. The number of amides is 1. The molecule has 0 aliphatic carbocycles. The summed E-state index contributed by atoms with van der Waals surface area (Å²) in [6.45, 7) is 2.52. The third-order valence-corrected chi connectivity index (χ3v) is 3.79. The molecule has 0 saturated heterocycles. The summed E-state index contributed by atoms with van der Waals surface area (Å²) in [6, 6.07) is 10.4. The number of halogens is 2. The number of carbonyl (C=O) groups is 1. The maximum absolute atomic E-state index is 13.2. The largest absolute Gasteiger partial charge is 0.381 e. The second-order valence-electron chi connectivity index (χ2n) is 4.71. The third-order valence-electron chi connectivity index (χ3n) is 3.18. The fraction of sp³-hybridized carbons (Fsp3) is 0.188. The Balaban J connectivity index is 2.09. The second-order valence-corrected chi connectivity index (χ2v) is 5.57. The summed E-state index contributed by atoms with van der Waals surface area (Å²) in [5, 5.41) is 5.88. The highest BCUT2D eigenvalue weighted by molar-refractivity contribution is 9.10. The van der Waals surface area contributed by atoms with Crippen LogP contribution in [-0.4, -0.2) is 13.0 Å². The maximum Gasteiger partial charge on any atom is 0.251 e. The molecule has 0 atom stereocenters. The van der Waals surface area contributed by atoms with Gasteiger partial charge in [-0.3, -0.25) is 4.79 Å². The molecule has 0 aromatic heterocycles. The molecule has 0 heterocycles. The molecule has 0 unspecified atom stereocenters. The van der Waals surface area contributed by atoms with Crippen LogP contribution < -0.4 is 10.6 Å². The lowest BCUT2D eigenvalue weighted by molar-refractivity contribution is 0.0963. The van der Waals surface area contributed by atoms with Gasteiger partial charge in [-0.25, -0.2) is 4.39 Å². The molecule has 0 bridgehead atoms. The predicted molar refractivity (Wildman–Crippen MR) is 86.0 cm³/mol. The van der Waals surface area contributed by atoms with Crippen LogP contribution in [0.5, 0.6) is 0 Å². The molecule has 2 aromatic rings. The molecular weight excluding hydrogens is 335 g/mol. The summed E-state index contributed by atoms with van der Waals surface area (Å²) in [6.07, 6.45) is 0. The average molecular weight is 351 g/mol. The zero-order chi connectivity index (χ0) is 15.4. The van der Waals surface area contributed by atoms with Gasteiger partial charge in [0.2, 0.25) is 0 Å². The molecule has 21 heavy (non-hydrogen) atoms. The normalized spacial score (nSPS) is 10.3. The van der Waals surface area contributed by atoms with Gasteiger partial charge in [0.25, 0.3) is 5.91 Å². The molecule has 0 fully saturated rings. The standard InChI is InChI=1S/C16H16BrFN2O/c1-10-7-12(16(21)19-2)4-6-15(10)20-9-11-3-5-14(18)13(17)8-11/h3-8,20H,9H2,1-2H3,(H,19,21). The number of hydrogen-bond donors (Lipinski definition) is 2. The Kier molecular flexibility index (Phi) is 4.96. The highest BCUT2D eigenvalue weighted by Gasteiger charge is 2.06. The number of benzene rings is 2. The van der Waals surface area contributed by atoms with Crippen LogP contribution in [0.25, 0.3) is 0 Å². The molecular formula is C16H16BrFN2O. The summed E-state index contributed by atoms with van der Waals surface area (Å²) >= 11 is 3.17. The molecule has 0 aliphatic heterocycles. The highest BCUT2D eigenvalue weighted by atomic mass is 79.9. The van der Waals surface area contributed by atoms with Gasteiger partial charge in [-0.15, -0.1) is 0 Å². The van der Waals surface area contributed by atoms with Gasteiger partial charge in [0.1, 0.15) is 5.82 Å². The number of rotatable bonds is 4. The van der Waals surface area contributed by atoms with E-state index in [9.17, 15) is 9.18 Å². The van der Waals surface area contributed by atoms with Crippen molar-refractivity contribution in [1.29, 1.82) is 0 Å². The van der Waals surface area contributed by atoms with E-state index in [4.69, 9.17) is 0 Å². The topological polar surface area (TPSA) is 41.1 Å². The first-order valence-electron chi connectivity index (χ1n) is 6.52. The summed E-state index contributed by atoms with van der Waals surface area (Å²) in [5.41, 5.74) is 3.53. The van der Waals surface area contributed by atoms with Crippen LogP contribution in [0.3, 0.4) is 0 Å². The van der Waals surface area contributed by atoms with Gasteiger partial charge in [-0.1, -0.05) is 6.07 Å². The summed E-state index contributed by atoms with van der Waals surface area (Å²) in [5.74, 6) is -0.378. The Morgan fingerprint density at radius 2 is 2.00 bits per heavy atom. The fourth-order valence-corrected chi connectivity index (χ4v) is 2.42. The molecule has 2 rings (SSSR count). The van der Waals surface area contributed by atoms with Gasteiger partial charge < -0.3 is 10.6 Å². The van der Waals surface area contributed by atoms with E-state index in [1.54, 1.807) is 25.2 Å². The summed E-state index contributed by atoms with van der Waals surface area (Å²) in [7, 11) is 1.61.